The Balaban J connectivity index is 2.09. The zero-order chi connectivity index (χ0) is 8.67. The highest BCUT2D eigenvalue weighted by Gasteiger charge is 2.30. The van der Waals surface area contributed by atoms with Gasteiger partial charge in [-0.3, -0.25) is 0 Å². The van der Waals surface area contributed by atoms with Crippen molar-refractivity contribution in [2.75, 3.05) is 0 Å². The molecule has 2 aliphatic carbocycles. The molecule has 0 heterocycles. The van der Waals surface area contributed by atoms with E-state index in [0.717, 1.165) is 11.8 Å². The summed E-state index contributed by atoms with van der Waals surface area (Å²) >= 11 is 0. The maximum atomic E-state index is 2.42. The van der Waals surface area contributed by atoms with Crippen LogP contribution in [-0.2, 0) is 6.42 Å². The highest BCUT2D eigenvalue weighted by atomic mass is 14.3. The summed E-state index contributed by atoms with van der Waals surface area (Å²) < 4.78 is 0. The first-order valence-electron chi connectivity index (χ1n) is 5.19. The second-order valence-electron chi connectivity index (χ2n) is 4.19. The first kappa shape index (κ1) is 7.37. The molecule has 0 saturated heterocycles. The van der Waals surface area contributed by atoms with Gasteiger partial charge in [-0.1, -0.05) is 36.4 Å². The van der Waals surface area contributed by atoms with Crippen molar-refractivity contribution in [1.82, 2.24) is 0 Å². The third-order valence-electron chi connectivity index (χ3n) is 3.45. The van der Waals surface area contributed by atoms with Gasteiger partial charge in [0.1, 0.15) is 0 Å². The summed E-state index contributed by atoms with van der Waals surface area (Å²) in [5.41, 5.74) is 3.17. The molecule has 3 rings (SSSR count). The first-order valence-corrected chi connectivity index (χ1v) is 5.19. The molecular weight excluding hydrogens is 156 g/mol. The largest absolute Gasteiger partial charge is 0.0879 e. The average molecular weight is 170 g/mol. The van der Waals surface area contributed by atoms with Gasteiger partial charge in [0.25, 0.3) is 0 Å². The van der Waals surface area contributed by atoms with Crippen LogP contribution in [0.4, 0.5) is 0 Å². The molecule has 0 radical (unpaired) electrons. The van der Waals surface area contributed by atoms with Crippen molar-refractivity contribution in [3.63, 3.8) is 0 Å². The average Bonchev–Trinajstić information content (AvgIpc) is 2.56. The fourth-order valence-corrected chi connectivity index (χ4v) is 2.80. The Bertz CT molecular complexity index is 349. The number of hydrogen-bond donors (Lipinski definition) is 0. The molecule has 0 N–H and O–H groups in total. The Morgan fingerprint density at radius 3 is 3.08 bits per heavy atom. The monoisotopic (exact) mass is 170 g/mol. The van der Waals surface area contributed by atoms with Crippen LogP contribution in [0.15, 0.2) is 36.4 Å². The lowest BCUT2D eigenvalue weighted by Crippen LogP contribution is -2.08. The van der Waals surface area contributed by atoms with Crippen molar-refractivity contribution < 1.29 is 0 Å². The Morgan fingerprint density at radius 1 is 1.15 bits per heavy atom. The van der Waals surface area contributed by atoms with Crippen molar-refractivity contribution >= 4 is 0 Å². The summed E-state index contributed by atoms with van der Waals surface area (Å²) in [6.07, 6.45) is 8.75. The van der Waals surface area contributed by atoms with E-state index >= 15 is 0 Å². The molecular formula is C13H14. The molecule has 0 spiro atoms. The molecule has 66 valence electrons. The van der Waals surface area contributed by atoms with Crippen LogP contribution in [-0.4, -0.2) is 0 Å². The van der Waals surface area contributed by atoms with Gasteiger partial charge in [0.05, 0.1) is 0 Å². The van der Waals surface area contributed by atoms with Gasteiger partial charge in [0.2, 0.25) is 0 Å². The number of benzene rings is 1. The van der Waals surface area contributed by atoms with Gasteiger partial charge >= 0.3 is 0 Å². The molecule has 0 heteroatoms. The third-order valence-corrected chi connectivity index (χ3v) is 3.45. The summed E-state index contributed by atoms with van der Waals surface area (Å²) in [7, 11) is 0. The zero-order valence-electron chi connectivity index (χ0n) is 7.74. The summed E-state index contributed by atoms with van der Waals surface area (Å²) in [6.45, 7) is 0. The van der Waals surface area contributed by atoms with Gasteiger partial charge < -0.3 is 0 Å². The van der Waals surface area contributed by atoms with Crippen molar-refractivity contribution in [3.05, 3.63) is 47.5 Å². The lowest BCUT2D eigenvalue weighted by atomic mass is 9.85. The van der Waals surface area contributed by atoms with E-state index in [1.54, 1.807) is 11.1 Å². The molecule has 0 amide bonds. The van der Waals surface area contributed by atoms with E-state index < -0.39 is 0 Å². The molecule has 0 aliphatic heterocycles. The molecule has 1 aromatic carbocycles. The minimum Gasteiger partial charge on any atom is -0.0879 e. The second-order valence-corrected chi connectivity index (χ2v) is 4.19. The Kier molecular flexibility index (Phi) is 1.55. The molecule has 0 bridgehead atoms. The fraction of sp³-hybridized carbons (Fsp3) is 0.385. The van der Waals surface area contributed by atoms with Crippen LogP contribution in [0, 0.1) is 5.92 Å². The lowest BCUT2D eigenvalue weighted by Gasteiger charge is -2.20. The summed E-state index contributed by atoms with van der Waals surface area (Å²) in [5, 5.41) is 0. The van der Waals surface area contributed by atoms with Crippen LogP contribution >= 0.6 is 0 Å². The molecule has 0 aromatic heterocycles. The third kappa shape index (κ3) is 1.05. The molecule has 13 heavy (non-hydrogen) atoms. The van der Waals surface area contributed by atoms with E-state index in [1.165, 1.54) is 19.3 Å². The normalized spacial score (nSPS) is 29.8. The smallest absolute Gasteiger partial charge is 0.00522 e. The molecule has 0 saturated carbocycles. The van der Waals surface area contributed by atoms with Gasteiger partial charge in [-0.15, -0.1) is 0 Å². The number of fused-ring (bicyclic) bond motifs is 3. The van der Waals surface area contributed by atoms with E-state index in [4.69, 9.17) is 0 Å². The van der Waals surface area contributed by atoms with E-state index in [9.17, 15) is 0 Å². The quantitative estimate of drug-likeness (QED) is 0.524. The SMILES string of the molecule is C1=CC2c3ccccc3CC2CC1. The van der Waals surface area contributed by atoms with E-state index in [-0.39, 0.29) is 0 Å². The van der Waals surface area contributed by atoms with Crippen molar-refractivity contribution in [2.24, 2.45) is 5.92 Å². The molecule has 2 atom stereocenters. The minimum atomic E-state index is 0.741. The predicted molar refractivity (Wildman–Crippen MR) is 54.8 cm³/mol. The fourth-order valence-electron chi connectivity index (χ4n) is 2.80. The van der Waals surface area contributed by atoms with Crippen LogP contribution in [0.1, 0.15) is 29.9 Å². The van der Waals surface area contributed by atoms with Gasteiger partial charge in [-0.05, 0) is 36.3 Å². The molecule has 0 fully saturated rings. The zero-order valence-corrected chi connectivity index (χ0v) is 7.74. The van der Waals surface area contributed by atoms with Crippen molar-refractivity contribution in [1.29, 1.82) is 0 Å². The summed E-state index contributed by atoms with van der Waals surface area (Å²) in [5.74, 6) is 1.65. The van der Waals surface area contributed by atoms with Gasteiger partial charge in [0, 0.05) is 5.92 Å². The van der Waals surface area contributed by atoms with Crippen molar-refractivity contribution in [3.8, 4) is 0 Å². The van der Waals surface area contributed by atoms with E-state index in [2.05, 4.69) is 36.4 Å². The molecule has 0 nitrogen and oxygen atoms in total. The van der Waals surface area contributed by atoms with Gasteiger partial charge in [0.15, 0.2) is 0 Å². The van der Waals surface area contributed by atoms with E-state index in [0.29, 0.717) is 0 Å². The minimum absolute atomic E-state index is 0.741. The topological polar surface area (TPSA) is 0 Å². The Hall–Kier alpha value is -1.04. The number of hydrogen-bond acceptors (Lipinski definition) is 0. The van der Waals surface area contributed by atoms with Crippen LogP contribution in [0.3, 0.4) is 0 Å². The Morgan fingerprint density at radius 2 is 2.08 bits per heavy atom. The molecule has 1 aromatic rings. The number of rotatable bonds is 0. The molecule has 2 aliphatic rings. The summed E-state index contributed by atoms with van der Waals surface area (Å²) in [6, 6.07) is 8.93. The summed E-state index contributed by atoms with van der Waals surface area (Å²) in [4.78, 5) is 0. The van der Waals surface area contributed by atoms with Crippen LogP contribution < -0.4 is 0 Å². The van der Waals surface area contributed by atoms with Crippen LogP contribution in [0.5, 0.6) is 0 Å². The standard InChI is InChI=1S/C13H14/c1-3-7-12-10(5-1)9-11-6-2-4-8-13(11)12/h1,3-5,7-8,11,13H,2,6,9H2. The first-order chi connectivity index (χ1) is 6.45. The van der Waals surface area contributed by atoms with Crippen molar-refractivity contribution in [2.45, 2.75) is 25.2 Å². The van der Waals surface area contributed by atoms with E-state index in [1.807, 2.05) is 0 Å². The maximum absolute atomic E-state index is 2.42. The lowest BCUT2D eigenvalue weighted by molar-refractivity contribution is 0.461. The predicted octanol–water partition coefficient (Wildman–Crippen LogP) is 3.29. The maximum Gasteiger partial charge on any atom is 0.00522 e. The highest BCUT2D eigenvalue weighted by molar-refractivity contribution is 5.39. The van der Waals surface area contributed by atoms with Crippen LogP contribution in [0.2, 0.25) is 0 Å². The van der Waals surface area contributed by atoms with Gasteiger partial charge in [-0.2, -0.15) is 0 Å². The molecule has 2 unspecified atom stereocenters. The number of allylic oxidation sites excluding steroid dienone is 2. The highest BCUT2D eigenvalue weighted by Crippen LogP contribution is 2.43. The Labute approximate surface area is 79.3 Å². The van der Waals surface area contributed by atoms with Crippen LogP contribution in [0.25, 0.3) is 0 Å². The van der Waals surface area contributed by atoms with Gasteiger partial charge in [-0.25, -0.2) is 0 Å². The second kappa shape index (κ2) is 2.73.